The first-order valence-electron chi connectivity index (χ1n) is 7.29. The number of aliphatic hydroxyl groups is 1. The molecule has 23 heavy (non-hydrogen) atoms. The van der Waals surface area contributed by atoms with E-state index < -0.39 is 24.3 Å². The molecule has 0 bridgehead atoms. The molecule has 1 amide bonds. The molecular weight excluding hydrogens is 308 g/mol. The molecule has 1 aromatic carbocycles. The van der Waals surface area contributed by atoms with Gasteiger partial charge in [0.2, 0.25) is 0 Å². The molecule has 0 aliphatic heterocycles. The minimum atomic E-state index is -2.88. The Balaban J connectivity index is 2.88. The van der Waals surface area contributed by atoms with Crippen LogP contribution >= 0.6 is 0 Å². The Kier molecular flexibility index (Phi) is 6.75. The van der Waals surface area contributed by atoms with Gasteiger partial charge in [-0.25, -0.2) is 4.79 Å². The van der Waals surface area contributed by atoms with Gasteiger partial charge in [-0.1, -0.05) is 12.1 Å². The van der Waals surface area contributed by atoms with Crippen LogP contribution in [-0.4, -0.2) is 41.5 Å². The third-order valence-electron chi connectivity index (χ3n) is 3.02. The molecule has 0 fully saturated rings. The van der Waals surface area contributed by atoms with E-state index in [1.54, 1.807) is 39.8 Å². The van der Waals surface area contributed by atoms with E-state index in [2.05, 4.69) is 4.74 Å². The molecule has 0 radical (unpaired) electrons. The van der Waals surface area contributed by atoms with E-state index in [9.17, 15) is 18.7 Å². The fourth-order valence-corrected chi connectivity index (χ4v) is 1.98. The molecule has 1 atom stereocenters. The monoisotopic (exact) mass is 331 g/mol. The molecule has 5 nitrogen and oxygen atoms in total. The minimum absolute atomic E-state index is 0.0435. The first-order valence-corrected chi connectivity index (χ1v) is 7.29. The molecule has 1 N–H and O–H groups in total. The van der Waals surface area contributed by atoms with Crippen LogP contribution in [0.1, 0.15) is 39.3 Å². The largest absolute Gasteiger partial charge is 0.444 e. The number of nitrogens with zero attached hydrogens (tertiary/aromatic N) is 1. The molecule has 0 spiro atoms. The van der Waals surface area contributed by atoms with Crippen LogP contribution in [0.3, 0.4) is 0 Å². The van der Waals surface area contributed by atoms with Gasteiger partial charge in [0.05, 0.1) is 12.6 Å². The maximum absolute atomic E-state index is 12.2. The Bertz CT molecular complexity index is 500. The van der Waals surface area contributed by atoms with Crippen molar-refractivity contribution in [3.8, 4) is 5.75 Å². The molecule has 0 saturated carbocycles. The van der Waals surface area contributed by atoms with Gasteiger partial charge >= 0.3 is 12.7 Å². The van der Waals surface area contributed by atoms with Crippen molar-refractivity contribution in [1.82, 2.24) is 4.90 Å². The summed E-state index contributed by atoms with van der Waals surface area (Å²) in [5, 5.41) is 9.17. The minimum Gasteiger partial charge on any atom is -0.444 e. The van der Waals surface area contributed by atoms with Crippen molar-refractivity contribution in [3.05, 3.63) is 29.8 Å². The van der Waals surface area contributed by atoms with Crippen LogP contribution in [0.15, 0.2) is 24.3 Å². The lowest BCUT2D eigenvalue weighted by Gasteiger charge is -2.31. The summed E-state index contributed by atoms with van der Waals surface area (Å²) in [5.41, 5.74) is 0.0605. The predicted octanol–water partition coefficient (Wildman–Crippen LogP) is 3.58. The number of carbonyl (C=O) groups is 1. The van der Waals surface area contributed by atoms with Crippen molar-refractivity contribution in [2.75, 3.05) is 13.2 Å². The zero-order chi connectivity index (χ0) is 17.6. The van der Waals surface area contributed by atoms with Crippen LogP contribution in [0.2, 0.25) is 0 Å². The molecule has 130 valence electrons. The highest BCUT2D eigenvalue weighted by Crippen LogP contribution is 2.25. The van der Waals surface area contributed by atoms with Gasteiger partial charge in [0.1, 0.15) is 11.4 Å². The molecule has 0 aromatic heterocycles. The number of hydrogen-bond acceptors (Lipinski definition) is 4. The van der Waals surface area contributed by atoms with E-state index >= 15 is 0 Å². The topological polar surface area (TPSA) is 59.0 Å². The van der Waals surface area contributed by atoms with Crippen molar-refractivity contribution in [2.24, 2.45) is 0 Å². The number of carbonyl (C=O) groups excluding carboxylic acids is 1. The quantitative estimate of drug-likeness (QED) is 0.865. The van der Waals surface area contributed by atoms with Crippen molar-refractivity contribution in [2.45, 2.75) is 45.9 Å². The summed E-state index contributed by atoms with van der Waals surface area (Å²) >= 11 is 0. The van der Waals surface area contributed by atoms with Crippen LogP contribution < -0.4 is 4.74 Å². The van der Waals surface area contributed by atoms with Gasteiger partial charge in [-0.2, -0.15) is 8.78 Å². The fraction of sp³-hybridized carbons (Fsp3) is 0.562. The molecule has 1 aromatic rings. The van der Waals surface area contributed by atoms with E-state index in [0.29, 0.717) is 5.56 Å². The number of benzene rings is 1. The molecule has 7 heteroatoms. The average Bonchev–Trinajstić information content (AvgIpc) is 2.42. The smallest absolute Gasteiger partial charge is 0.410 e. The number of alkyl halides is 2. The van der Waals surface area contributed by atoms with Crippen molar-refractivity contribution in [1.29, 1.82) is 0 Å². The Hall–Kier alpha value is -1.89. The standard InChI is InChI=1S/C16H23F2NO4/c1-11(12-5-7-13(8-6-12)22-14(17)18)19(9-10-20)15(21)23-16(2,3)4/h5-8,11,14,20H,9-10H2,1-4H3. The van der Waals surface area contributed by atoms with Crippen LogP contribution in [0.5, 0.6) is 5.75 Å². The summed E-state index contributed by atoms with van der Waals surface area (Å²) in [6.07, 6.45) is -0.549. The zero-order valence-corrected chi connectivity index (χ0v) is 13.8. The number of hydrogen-bond donors (Lipinski definition) is 1. The highest BCUT2D eigenvalue weighted by Gasteiger charge is 2.26. The molecule has 0 heterocycles. The number of rotatable bonds is 6. The summed E-state index contributed by atoms with van der Waals surface area (Å²) in [7, 11) is 0. The lowest BCUT2D eigenvalue weighted by molar-refractivity contribution is -0.0498. The highest BCUT2D eigenvalue weighted by molar-refractivity contribution is 5.68. The van der Waals surface area contributed by atoms with E-state index in [0.717, 1.165) is 0 Å². The summed E-state index contributed by atoms with van der Waals surface area (Å²) in [4.78, 5) is 13.6. The second-order valence-corrected chi connectivity index (χ2v) is 6.02. The normalized spacial score (nSPS) is 12.9. The van der Waals surface area contributed by atoms with Crippen LogP contribution in [-0.2, 0) is 4.74 Å². The van der Waals surface area contributed by atoms with E-state index in [1.165, 1.54) is 17.0 Å². The second-order valence-electron chi connectivity index (χ2n) is 6.02. The van der Waals surface area contributed by atoms with E-state index in [4.69, 9.17) is 4.74 Å². The van der Waals surface area contributed by atoms with Gasteiger partial charge < -0.3 is 14.6 Å². The Labute approximate surface area is 134 Å². The van der Waals surface area contributed by atoms with E-state index in [-0.39, 0.29) is 18.9 Å². The molecule has 1 unspecified atom stereocenters. The van der Waals surface area contributed by atoms with Gasteiger partial charge in [-0.05, 0) is 45.4 Å². The fourth-order valence-electron chi connectivity index (χ4n) is 1.98. The average molecular weight is 331 g/mol. The summed E-state index contributed by atoms with van der Waals surface area (Å²) in [5.74, 6) is 0.0435. The van der Waals surface area contributed by atoms with E-state index in [1.807, 2.05) is 0 Å². The predicted molar refractivity (Wildman–Crippen MR) is 81.5 cm³/mol. The van der Waals surface area contributed by atoms with Crippen LogP contribution in [0.4, 0.5) is 13.6 Å². The van der Waals surface area contributed by atoms with Crippen molar-refractivity contribution in [3.63, 3.8) is 0 Å². The Morgan fingerprint density at radius 1 is 1.26 bits per heavy atom. The lowest BCUT2D eigenvalue weighted by atomic mass is 10.1. The lowest BCUT2D eigenvalue weighted by Crippen LogP contribution is -2.40. The molecular formula is C16H23F2NO4. The van der Waals surface area contributed by atoms with Gasteiger partial charge in [0.15, 0.2) is 0 Å². The third-order valence-corrected chi connectivity index (χ3v) is 3.02. The summed E-state index contributed by atoms with van der Waals surface area (Å²) in [6, 6.07) is 5.61. The number of ether oxygens (including phenoxy) is 2. The maximum Gasteiger partial charge on any atom is 0.410 e. The molecule has 1 rings (SSSR count). The second kappa shape index (κ2) is 8.10. The SMILES string of the molecule is CC(c1ccc(OC(F)F)cc1)N(CCO)C(=O)OC(C)(C)C. The van der Waals surface area contributed by atoms with Gasteiger partial charge in [-0.15, -0.1) is 0 Å². The first-order chi connectivity index (χ1) is 10.6. The Morgan fingerprint density at radius 3 is 2.26 bits per heavy atom. The number of aliphatic hydroxyl groups excluding tert-OH is 1. The summed E-state index contributed by atoms with van der Waals surface area (Å²) < 4.78 is 33.9. The van der Waals surface area contributed by atoms with Crippen molar-refractivity contribution >= 4 is 6.09 Å². The Morgan fingerprint density at radius 2 is 1.83 bits per heavy atom. The van der Waals surface area contributed by atoms with Crippen LogP contribution in [0, 0.1) is 0 Å². The van der Waals surface area contributed by atoms with Gasteiger partial charge in [-0.3, -0.25) is 4.90 Å². The molecule has 0 aliphatic rings. The summed E-state index contributed by atoms with van der Waals surface area (Å²) in [6.45, 7) is 4.03. The van der Waals surface area contributed by atoms with Crippen LogP contribution in [0.25, 0.3) is 0 Å². The maximum atomic E-state index is 12.2. The highest BCUT2D eigenvalue weighted by atomic mass is 19.3. The zero-order valence-electron chi connectivity index (χ0n) is 13.8. The van der Waals surface area contributed by atoms with Gasteiger partial charge in [0.25, 0.3) is 0 Å². The molecule has 0 saturated heterocycles. The third kappa shape index (κ3) is 6.40. The molecule has 0 aliphatic carbocycles. The first kappa shape index (κ1) is 19.2. The van der Waals surface area contributed by atoms with Gasteiger partial charge in [0, 0.05) is 6.54 Å². The number of amides is 1. The van der Waals surface area contributed by atoms with Crippen molar-refractivity contribution < 1.29 is 28.2 Å². The number of halogens is 2.